The number of benzene rings is 6. The summed E-state index contributed by atoms with van der Waals surface area (Å²) < 4.78 is 0. The molecule has 3 aliphatic rings. The molecule has 6 aromatic rings. The van der Waals surface area contributed by atoms with Crippen LogP contribution in [0.3, 0.4) is 0 Å². The predicted octanol–water partition coefficient (Wildman–Crippen LogP) is 8.45. The average molecular weight is 679 g/mol. The molecule has 0 aromatic heterocycles. The minimum absolute atomic E-state index is 0.0117. The molecule has 2 fully saturated rings. The van der Waals surface area contributed by atoms with E-state index in [-0.39, 0.29) is 11.5 Å². The van der Waals surface area contributed by atoms with E-state index in [1.165, 1.54) is 17.0 Å². The lowest BCUT2D eigenvalue weighted by molar-refractivity contribution is -0.384. The Morgan fingerprint density at radius 2 is 0.827 bits per heavy atom. The summed E-state index contributed by atoms with van der Waals surface area (Å²) in [7, 11) is 0. The number of anilines is 1. The average Bonchev–Trinajstić information content (AvgIpc) is 3.71. The molecule has 250 valence electrons. The number of non-ortho nitro benzene ring substituents is 1. The van der Waals surface area contributed by atoms with Gasteiger partial charge in [0.05, 0.1) is 33.3 Å². The molecule has 0 radical (unpaired) electrons. The molecular formula is C45H30N2O5. The number of Topliss-reactive ketones (excluding diaryl/α,β-unsaturated/α-hetero) is 1. The van der Waals surface area contributed by atoms with Crippen molar-refractivity contribution >= 4 is 40.1 Å². The van der Waals surface area contributed by atoms with Gasteiger partial charge in [-0.05, 0) is 68.8 Å². The van der Waals surface area contributed by atoms with E-state index in [0.717, 1.165) is 33.4 Å². The van der Waals surface area contributed by atoms with Crippen LogP contribution in [0.1, 0.15) is 22.3 Å². The zero-order valence-electron chi connectivity index (χ0n) is 27.8. The summed E-state index contributed by atoms with van der Waals surface area (Å²) in [4.78, 5) is 58.5. The minimum atomic E-state index is -1.48. The third-order valence-electron chi connectivity index (χ3n) is 11.1. The Hall–Kier alpha value is -6.73. The van der Waals surface area contributed by atoms with Crippen LogP contribution < -0.4 is 4.90 Å². The van der Waals surface area contributed by atoms with Crippen molar-refractivity contribution in [3.8, 4) is 11.1 Å². The van der Waals surface area contributed by atoms with Crippen LogP contribution in [0.4, 0.5) is 11.4 Å². The first kappa shape index (κ1) is 31.3. The molecular weight excluding hydrogens is 649 g/mol. The number of carbonyl (C=O) groups is 3. The van der Waals surface area contributed by atoms with E-state index in [0.29, 0.717) is 16.8 Å². The minimum Gasteiger partial charge on any atom is -0.297 e. The number of nitrogens with zero attached hydrogens (tertiary/aromatic N) is 2. The number of ketones is 1. The van der Waals surface area contributed by atoms with Crippen LogP contribution in [0.25, 0.3) is 22.3 Å². The van der Waals surface area contributed by atoms with Crippen molar-refractivity contribution in [2.24, 2.45) is 11.8 Å². The molecule has 4 atom stereocenters. The quantitative estimate of drug-likeness (QED) is 0.0959. The maximum atomic E-state index is 16.0. The van der Waals surface area contributed by atoms with Crippen LogP contribution in [0.5, 0.6) is 0 Å². The van der Waals surface area contributed by atoms with E-state index in [2.05, 4.69) is 0 Å². The molecule has 0 N–H and O–H groups in total. The van der Waals surface area contributed by atoms with Gasteiger partial charge in [0.1, 0.15) is 0 Å². The highest BCUT2D eigenvalue weighted by molar-refractivity contribution is 6.39. The van der Waals surface area contributed by atoms with Crippen LogP contribution in [-0.4, -0.2) is 22.5 Å². The van der Waals surface area contributed by atoms with Crippen molar-refractivity contribution in [2.45, 2.75) is 10.8 Å². The fraction of sp³-hybridized carbons (Fsp3) is 0.0889. The number of imide groups is 1. The van der Waals surface area contributed by atoms with E-state index in [1.807, 2.05) is 121 Å². The normalized spacial score (nSPS) is 23.3. The second-order valence-corrected chi connectivity index (χ2v) is 13.5. The monoisotopic (exact) mass is 678 g/mol. The van der Waals surface area contributed by atoms with Gasteiger partial charge in [-0.2, -0.15) is 0 Å². The number of fused-ring (bicyclic) bond motifs is 5. The molecule has 1 aliphatic heterocycles. The molecule has 9 rings (SSSR count). The van der Waals surface area contributed by atoms with Crippen LogP contribution in [0, 0.1) is 22.0 Å². The summed E-state index contributed by atoms with van der Waals surface area (Å²) in [6.45, 7) is 0. The first-order chi connectivity index (χ1) is 25.4. The molecule has 7 nitrogen and oxygen atoms in total. The van der Waals surface area contributed by atoms with Gasteiger partial charge in [-0.3, -0.25) is 24.5 Å². The first-order valence-electron chi connectivity index (χ1n) is 17.1. The summed E-state index contributed by atoms with van der Waals surface area (Å²) in [5.41, 5.74) is 3.45. The number of amides is 2. The van der Waals surface area contributed by atoms with Gasteiger partial charge in [-0.25, -0.2) is 4.90 Å². The van der Waals surface area contributed by atoms with Crippen LogP contribution in [0.15, 0.2) is 170 Å². The Balaban J connectivity index is 1.30. The Kier molecular flexibility index (Phi) is 7.02. The molecule has 2 aliphatic carbocycles. The maximum absolute atomic E-state index is 16.0. The van der Waals surface area contributed by atoms with E-state index in [4.69, 9.17) is 0 Å². The third kappa shape index (κ3) is 4.10. The number of nitro groups is 1. The Morgan fingerprint density at radius 1 is 0.462 bits per heavy atom. The molecule has 2 bridgehead atoms. The number of allylic oxidation sites excluding steroid dienone is 2. The molecule has 1 saturated carbocycles. The van der Waals surface area contributed by atoms with Crippen LogP contribution >= 0.6 is 0 Å². The summed E-state index contributed by atoms with van der Waals surface area (Å²) in [6, 6.07) is 51.8. The molecule has 7 heteroatoms. The number of hydrogen-bond donors (Lipinski definition) is 0. The van der Waals surface area contributed by atoms with E-state index in [1.54, 1.807) is 36.4 Å². The van der Waals surface area contributed by atoms with Crippen molar-refractivity contribution in [3.63, 3.8) is 0 Å². The molecule has 6 aromatic carbocycles. The van der Waals surface area contributed by atoms with E-state index >= 15 is 14.4 Å². The molecule has 0 spiro atoms. The zero-order valence-corrected chi connectivity index (χ0v) is 27.8. The number of hydrogen-bond acceptors (Lipinski definition) is 5. The largest absolute Gasteiger partial charge is 0.297 e. The number of carbonyl (C=O) groups excluding carboxylic acids is 3. The second kappa shape index (κ2) is 11.7. The SMILES string of the molecule is O=C1[C@@H]2[C@@H](C(=O)N1c1ccc(-c3ccc([N+](=O)[O-])cc3)cc1)[C@@]1(c3ccccc3)C(=O)[C@@]2(c2ccccc2)C(c2ccccc2)=C1c1ccccc1. The summed E-state index contributed by atoms with van der Waals surface area (Å²) >= 11 is 0. The van der Waals surface area contributed by atoms with Gasteiger partial charge in [0.15, 0.2) is 5.78 Å². The highest BCUT2D eigenvalue weighted by Crippen LogP contribution is 2.74. The summed E-state index contributed by atoms with van der Waals surface area (Å²) in [5, 5.41) is 11.2. The van der Waals surface area contributed by atoms with Gasteiger partial charge < -0.3 is 0 Å². The van der Waals surface area contributed by atoms with Gasteiger partial charge in [0.2, 0.25) is 11.8 Å². The van der Waals surface area contributed by atoms with E-state index < -0.39 is 39.4 Å². The lowest BCUT2D eigenvalue weighted by Crippen LogP contribution is -2.45. The van der Waals surface area contributed by atoms with Crippen LogP contribution in [0.2, 0.25) is 0 Å². The van der Waals surface area contributed by atoms with Crippen molar-refractivity contribution in [1.82, 2.24) is 0 Å². The van der Waals surface area contributed by atoms with Gasteiger partial charge in [0.25, 0.3) is 5.69 Å². The van der Waals surface area contributed by atoms with Gasteiger partial charge in [0, 0.05) is 12.1 Å². The Labute approximate surface area is 299 Å². The molecule has 52 heavy (non-hydrogen) atoms. The predicted molar refractivity (Wildman–Crippen MR) is 199 cm³/mol. The van der Waals surface area contributed by atoms with Crippen molar-refractivity contribution in [3.05, 3.63) is 202 Å². The smallest absolute Gasteiger partial charge is 0.269 e. The highest BCUT2D eigenvalue weighted by Gasteiger charge is 2.82. The number of nitro benzene ring substituents is 1. The van der Waals surface area contributed by atoms with Gasteiger partial charge >= 0.3 is 0 Å². The van der Waals surface area contributed by atoms with Gasteiger partial charge in [-0.15, -0.1) is 0 Å². The lowest BCUT2D eigenvalue weighted by atomic mass is 9.59. The molecule has 2 amide bonds. The lowest BCUT2D eigenvalue weighted by Gasteiger charge is -2.39. The second-order valence-electron chi connectivity index (χ2n) is 13.5. The first-order valence-corrected chi connectivity index (χ1v) is 17.1. The maximum Gasteiger partial charge on any atom is 0.269 e. The summed E-state index contributed by atoms with van der Waals surface area (Å²) in [5.74, 6) is -3.05. The van der Waals surface area contributed by atoms with Crippen molar-refractivity contribution < 1.29 is 19.3 Å². The topological polar surface area (TPSA) is 97.6 Å². The van der Waals surface area contributed by atoms with Crippen molar-refractivity contribution in [1.29, 1.82) is 0 Å². The standard InChI is InChI=1S/C45H30N2O5/c48-41-39-40(42(49)46(41)35-25-21-29(22-26-35)30-23-27-36(28-24-30)47(51)52)45(34-19-11-4-12-20-34)38(32-15-7-2-8-16-32)37(31-13-5-1-6-14-31)44(39,43(45)50)33-17-9-3-10-18-33/h1-28,39-40H/t39-,40-,44-,45-/m0/s1. The fourth-order valence-electron chi connectivity index (χ4n) is 9.17. The summed E-state index contributed by atoms with van der Waals surface area (Å²) in [6.07, 6.45) is 0. The third-order valence-corrected chi connectivity index (χ3v) is 11.1. The molecule has 1 saturated heterocycles. The van der Waals surface area contributed by atoms with Crippen molar-refractivity contribution in [2.75, 3.05) is 4.90 Å². The van der Waals surface area contributed by atoms with Gasteiger partial charge in [-0.1, -0.05) is 133 Å². The highest BCUT2D eigenvalue weighted by atomic mass is 16.6. The number of rotatable bonds is 7. The molecule has 0 unspecified atom stereocenters. The van der Waals surface area contributed by atoms with Crippen LogP contribution in [-0.2, 0) is 25.2 Å². The Bertz CT molecular complexity index is 2310. The zero-order chi connectivity index (χ0) is 35.6. The fourth-order valence-corrected chi connectivity index (χ4v) is 9.17. The Morgan fingerprint density at radius 3 is 1.21 bits per heavy atom. The van der Waals surface area contributed by atoms with E-state index in [9.17, 15) is 10.1 Å². The molecule has 1 heterocycles.